The molecule has 0 bridgehead atoms. The molecule has 0 saturated carbocycles. The van der Waals surface area contributed by atoms with E-state index in [1.54, 1.807) is 18.2 Å². The van der Waals surface area contributed by atoms with E-state index in [-0.39, 0.29) is 10.4 Å². The zero-order chi connectivity index (χ0) is 9.61. The number of rotatable bonds is 1. The minimum Gasteiger partial charge on any atom is -0.412 e. The van der Waals surface area contributed by atoms with E-state index in [1.165, 1.54) is 12.1 Å². The quantitative estimate of drug-likeness (QED) is 0.512. The second-order valence-corrected chi connectivity index (χ2v) is 3.21. The Kier molecular flexibility index (Phi) is 6.57. The largest absolute Gasteiger partial charge is 0.412 e. The highest BCUT2D eigenvalue weighted by Gasteiger charge is 2.05. The van der Waals surface area contributed by atoms with E-state index in [0.29, 0.717) is 0 Å². The van der Waals surface area contributed by atoms with Gasteiger partial charge in [0.25, 0.3) is 10.1 Å². The third kappa shape index (κ3) is 4.86. The highest BCUT2D eigenvalue weighted by Crippen LogP contribution is 2.05. The first-order chi connectivity index (χ1) is 5.61. The van der Waals surface area contributed by atoms with Crippen LogP contribution in [0, 0.1) is 10.8 Å². The second-order valence-electron chi connectivity index (χ2n) is 1.79. The molecule has 7 heteroatoms. The molecule has 0 aliphatic carbocycles. The summed E-state index contributed by atoms with van der Waals surface area (Å²) in [5, 5.41) is 12.0. The van der Waals surface area contributed by atoms with Gasteiger partial charge in [-0.05, 0) is 12.1 Å². The fourth-order valence-electron chi connectivity index (χ4n) is 0.592. The standard InChI is InChI=1S/C6H6O3S.N2.H2O/c7-10(8,9)6-4-2-1-3-5-6;1-2;/h1-5H,(H,7,8,9);;1H2. The normalized spacial score (nSPS) is 8.85. The van der Waals surface area contributed by atoms with E-state index >= 15 is 0 Å². The van der Waals surface area contributed by atoms with E-state index in [4.69, 9.17) is 15.3 Å². The molecule has 0 heterocycles. The van der Waals surface area contributed by atoms with Crippen LogP contribution in [-0.4, -0.2) is 18.4 Å². The Hall–Kier alpha value is -1.49. The van der Waals surface area contributed by atoms with Gasteiger partial charge in [-0.3, -0.25) is 4.55 Å². The minimum absolute atomic E-state index is 0. The SMILES string of the molecule is N#N.O.O=S(=O)(O)c1ccccc1. The van der Waals surface area contributed by atoms with Crippen molar-refractivity contribution in [3.8, 4) is 0 Å². The van der Waals surface area contributed by atoms with Crippen LogP contribution in [0.2, 0.25) is 0 Å². The first-order valence-electron chi connectivity index (χ1n) is 2.83. The molecular weight excluding hydrogens is 196 g/mol. The molecule has 0 unspecified atom stereocenters. The summed E-state index contributed by atoms with van der Waals surface area (Å²) in [6, 6.07) is 7.42. The van der Waals surface area contributed by atoms with Crippen molar-refractivity contribution >= 4 is 10.1 Å². The molecule has 0 aliphatic rings. The Morgan fingerprint density at radius 2 is 1.46 bits per heavy atom. The molecular formula is C6H8N2O4S. The van der Waals surface area contributed by atoms with Crippen molar-refractivity contribution in [3.05, 3.63) is 30.3 Å². The Balaban J connectivity index is 0. The van der Waals surface area contributed by atoms with Crippen LogP contribution in [0.25, 0.3) is 0 Å². The van der Waals surface area contributed by atoms with Crippen molar-refractivity contribution in [2.24, 2.45) is 0 Å². The zero-order valence-electron chi connectivity index (χ0n) is 6.45. The molecule has 1 aromatic carbocycles. The van der Waals surface area contributed by atoms with Gasteiger partial charge in [-0.15, -0.1) is 0 Å². The molecule has 0 saturated heterocycles. The summed E-state index contributed by atoms with van der Waals surface area (Å²) < 4.78 is 29.2. The average Bonchev–Trinajstić information content (AvgIpc) is 2.08. The third-order valence-electron chi connectivity index (χ3n) is 1.04. The molecule has 0 fully saturated rings. The molecule has 0 aromatic heterocycles. The van der Waals surface area contributed by atoms with Crippen molar-refractivity contribution in [1.29, 1.82) is 10.8 Å². The molecule has 72 valence electrons. The van der Waals surface area contributed by atoms with E-state index in [9.17, 15) is 8.42 Å². The molecule has 3 N–H and O–H groups in total. The molecule has 0 spiro atoms. The summed E-state index contributed by atoms with van der Waals surface area (Å²) in [5.41, 5.74) is 0. The van der Waals surface area contributed by atoms with Gasteiger partial charge in [0.2, 0.25) is 0 Å². The number of nitrogens with zero attached hydrogens (tertiary/aromatic N) is 2. The zero-order valence-corrected chi connectivity index (χ0v) is 7.27. The van der Waals surface area contributed by atoms with Crippen LogP contribution in [-0.2, 0) is 10.1 Å². The van der Waals surface area contributed by atoms with Crippen LogP contribution >= 0.6 is 0 Å². The lowest BCUT2D eigenvalue weighted by molar-refractivity contribution is 0.483. The molecule has 1 rings (SSSR count). The summed E-state index contributed by atoms with van der Waals surface area (Å²) in [4.78, 5) is -0.0741. The Morgan fingerprint density at radius 3 is 1.69 bits per heavy atom. The van der Waals surface area contributed by atoms with Crippen LogP contribution in [0.1, 0.15) is 0 Å². The number of hydrogen-bond acceptors (Lipinski definition) is 4. The second kappa shape index (κ2) is 6.07. The van der Waals surface area contributed by atoms with Gasteiger partial charge < -0.3 is 5.48 Å². The minimum atomic E-state index is -4.00. The van der Waals surface area contributed by atoms with Gasteiger partial charge in [-0.25, -0.2) is 0 Å². The Bertz CT molecular complexity index is 345. The molecule has 13 heavy (non-hydrogen) atoms. The van der Waals surface area contributed by atoms with E-state index in [1.807, 2.05) is 0 Å². The number of benzene rings is 1. The third-order valence-corrected chi connectivity index (χ3v) is 1.91. The molecule has 1 aromatic rings. The summed E-state index contributed by atoms with van der Waals surface area (Å²) in [6.45, 7) is 0. The van der Waals surface area contributed by atoms with Crippen molar-refractivity contribution in [2.75, 3.05) is 0 Å². The van der Waals surface area contributed by atoms with Gasteiger partial charge in [-0.1, -0.05) is 18.2 Å². The predicted molar refractivity (Wildman–Crippen MR) is 43.3 cm³/mol. The van der Waals surface area contributed by atoms with E-state index in [0.717, 1.165) is 0 Å². The van der Waals surface area contributed by atoms with Gasteiger partial charge in [-0.2, -0.15) is 8.42 Å². The van der Waals surface area contributed by atoms with Gasteiger partial charge >= 0.3 is 0 Å². The highest BCUT2D eigenvalue weighted by atomic mass is 32.2. The van der Waals surface area contributed by atoms with Gasteiger partial charge in [0.15, 0.2) is 0 Å². The van der Waals surface area contributed by atoms with Crippen LogP contribution in [0.5, 0.6) is 0 Å². The lowest BCUT2D eigenvalue weighted by Crippen LogP contribution is -1.96. The van der Waals surface area contributed by atoms with Crippen molar-refractivity contribution in [3.63, 3.8) is 0 Å². The molecule has 0 radical (unpaired) electrons. The molecule has 6 nitrogen and oxygen atoms in total. The number of hydrogen-bond donors (Lipinski definition) is 1. The van der Waals surface area contributed by atoms with Gasteiger partial charge in [0.1, 0.15) is 0 Å². The topological polar surface area (TPSA) is 133 Å². The molecule has 0 amide bonds. The van der Waals surface area contributed by atoms with Gasteiger partial charge in [0, 0.05) is 10.8 Å². The summed E-state index contributed by atoms with van der Waals surface area (Å²) in [5.74, 6) is 0. The predicted octanol–water partition coefficient (Wildman–Crippen LogP) is 0.139. The maximum absolute atomic E-state index is 10.4. The Morgan fingerprint density at radius 1 is 1.08 bits per heavy atom. The smallest absolute Gasteiger partial charge is 0.294 e. The maximum Gasteiger partial charge on any atom is 0.294 e. The van der Waals surface area contributed by atoms with Crippen molar-refractivity contribution in [1.82, 2.24) is 0 Å². The average molecular weight is 204 g/mol. The van der Waals surface area contributed by atoms with Crippen LogP contribution in [0.4, 0.5) is 0 Å². The Labute approximate surface area is 75.3 Å². The van der Waals surface area contributed by atoms with Crippen molar-refractivity contribution in [2.45, 2.75) is 4.90 Å². The van der Waals surface area contributed by atoms with Gasteiger partial charge in [0.05, 0.1) is 4.90 Å². The summed E-state index contributed by atoms with van der Waals surface area (Å²) in [7, 11) is -4.00. The van der Waals surface area contributed by atoms with Crippen LogP contribution < -0.4 is 0 Å². The fraction of sp³-hybridized carbons (Fsp3) is 0. The first-order valence-corrected chi connectivity index (χ1v) is 4.27. The highest BCUT2D eigenvalue weighted by molar-refractivity contribution is 7.85. The van der Waals surface area contributed by atoms with E-state index in [2.05, 4.69) is 0 Å². The molecule has 0 atom stereocenters. The first kappa shape index (κ1) is 14.1. The summed E-state index contributed by atoms with van der Waals surface area (Å²) >= 11 is 0. The fourth-order valence-corrected chi connectivity index (χ4v) is 1.09. The molecule has 0 aliphatic heterocycles. The lowest BCUT2D eigenvalue weighted by Gasteiger charge is -1.92. The maximum atomic E-state index is 10.4. The summed E-state index contributed by atoms with van der Waals surface area (Å²) in [6.07, 6.45) is 0. The lowest BCUT2D eigenvalue weighted by atomic mass is 10.4. The monoisotopic (exact) mass is 204 g/mol. The van der Waals surface area contributed by atoms with E-state index < -0.39 is 10.1 Å². The van der Waals surface area contributed by atoms with Crippen LogP contribution in [0.3, 0.4) is 0 Å². The van der Waals surface area contributed by atoms with Crippen LogP contribution in [0.15, 0.2) is 35.2 Å². The van der Waals surface area contributed by atoms with Crippen molar-refractivity contribution < 1.29 is 18.4 Å².